The van der Waals surface area contributed by atoms with Gasteiger partial charge in [-0.05, 0) is 16.8 Å². The normalized spacial score (nSPS) is 10.0. The van der Waals surface area contributed by atoms with E-state index < -0.39 is 5.97 Å². The van der Waals surface area contributed by atoms with Crippen LogP contribution in [0.3, 0.4) is 0 Å². The molecule has 0 heterocycles. The van der Waals surface area contributed by atoms with E-state index in [9.17, 15) is 9.59 Å². The molecule has 0 aliphatic heterocycles. The predicted molar refractivity (Wildman–Crippen MR) is 60.6 cm³/mol. The summed E-state index contributed by atoms with van der Waals surface area (Å²) in [5.74, 6) is -1.05. The van der Waals surface area contributed by atoms with Gasteiger partial charge in [0.05, 0.1) is 11.3 Å². The maximum Gasteiger partial charge on any atom is 0.338 e. The van der Waals surface area contributed by atoms with Gasteiger partial charge in [-0.2, -0.15) is 0 Å². The van der Waals surface area contributed by atoms with Crippen molar-refractivity contribution in [2.45, 2.75) is 0 Å². The zero-order chi connectivity index (χ0) is 11.5. The monoisotopic (exact) mass is 215 g/mol. The topological polar surface area (TPSA) is 66.4 Å². The third-order valence-electron chi connectivity index (χ3n) is 2.36. The fraction of sp³-hybridized carbons (Fsp3) is 0. The maximum atomic E-state index is 11.2. The second kappa shape index (κ2) is 4.02. The molecule has 0 aliphatic carbocycles. The molecule has 2 aromatic carbocycles. The SMILES string of the molecule is O=CNc1ccc2ccccc2c1C(=O)O. The summed E-state index contributed by atoms with van der Waals surface area (Å²) < 4.78 is 0. The summed E-state index contributed by atoms with van der Waals surface area (Å²) in [6.45, 7) is 0. The summed E-state index contributed by atoms with van der Waals surface area (Å²) in [5, 5.41) is 13.0. The first-order valence-corrected chi connectivity index (χ1v) is 4.69. The van der Waals surface area contributed by atoms with Crippen LogP contribution >= 0.6 is 0 Å². The largest absolute Gasteiger partial charge is 0.478 e. The number of rotatable bonds is 3. The molecular formula is C12H9NO3. The Morgan fingerprint density at radius 2 is 1.94 bits per heavy atom. The number of benzene rings is 2. The van der Waals surface area contributed by atoms with Crippen LogP contribution in [-0.4, -0.2) is 17.5 Å². The molecule has 4 nitrogen and oxygen atoms in total. The number of carbonyl (C=O) groups is 2. The molecule has 2 aromatic rings. The van der Waals surface area contributed by atoms with Gasteiger partial charge in [-0.3, -0.25) is 4.79 Å². The highest BCUT2D eigenvalue weighted by molar-refractivity contribution is 6.09. The molecule has 0 saturated carbocycles. The van der Waals surface area contributed by atoms with Crippen molar-refractivity contribution in [2.24, 2.45) is 0 Å². The molecule has 80 valence electrons. The van der Waals surface area contributed by atoms with Crippen LogP contribution in [0, 0.1) is 0 Å². The van der Waals surface area contributed by atoms with E-state index in [1.54, 1.807) is 24.3 Å². The zero-order valence-electron chi connectivity index (χ0n) is 8.31. The quantitative estimate of drug-likeness (QED) is 0.770. The molecule has 16 heavy (non-hydrogen) atoms. The number of carboxylic acid groups (broad SMARTS) is 1. The van der Waals surface area contributed by atoms with Crippen molar-refractivity contribution in [1.82, 2.24) is 0 Å². The molecule has 0 atom stereocenters. The molecule has 0 saturated heterocycles. The van der Waals surface area contributed by atoms with Crippen LogP contribution in [0.5, 0.6) is 0 Å². The third kappa shape index (κ3) is 1.61. The summed E-state index contributed by atoms with van der Waals surface area (Å²) in [7, 11) is 0. The number of hydrogen-bond acceptors (Lipinski definition) is 2. The molecule has 0 radical (unpaired) electrons. The molecular weight excluding hydrogens is 206 g/mol. The number of aromatic carboxylic acids is 1. The van der Waals surface area contributed by atoms with E-state index >= 15 is 0 Å². The van der Waals surface area contributed by atoms with Crippen molar-refractivity contribution < 1.29 is 14.7 Å². The second-order valence-electron chi connectivity index (χ2n) is 3.28. The fourth-order valence-corrected chi connectivity index (χ4v) is 1.69. The van der Waals surface area contributed by atoms with Gasteiger partial charge < -0.3 is 10.4 Å². The lowest BCUT2D eigenvalue weighted by molar-refractivity contribution is -0.105. The lowest BCUT2D eigenvalue weighted by Gasteiger charge is -2.07. The van der Waals surface area contributed by atoms with Crippen LogP contribution in [0.25, 0.3) is 10.8 Å². The molecule has 2 rings (SSSR count). The van der Waals surface area contributed by atoms with Gasteiger partial charge in [0.1, 0.15) is 0 Å². The summed E-state index contributed by atoms with van der Waals surface area (Å²) in [4.78, 5) is 21.5. The van der Waals surface area contributed by atoms with Gasteiger partial charge in [0.2, 0.25) is 6.41 Å². The van der Waals surface area contributed by atoms with Crippen molar-refractivity contribution in [3.63, 3.8) is 0 Å². The van der Waals surface area contributed by atoms with Crippen LogP contribution in [0.2, 0.25) is 0 Å². The summed E-state index contributed by atoms with van der Waals surface area (Å²) in [6.07, 6.45) is 0.469. The number of hydrogen-bond donors (Lipinski definition) is 2. The highest BCUT2D eigenvalue weighted by atomic mass is 16.4. The number of nitrogens with one attached hydrogen (secondary N) is 1. The van der Waals surface area contributed by atoms with Gasteiger partial charge in [0.25, 0.3) is 0 Å². The predicted octanol–water partition coefficient (Wildman–Crippen LogP) is 2.11. The first-order valence-electron chi connectivity index (χ1n) is 4.69. The van der Waals surface area contributed by atoms with Crippen LogP contribution in [-0.2, 0) is 4.79 Å². The number of anilines is 1. The van der Waals surface area contributed by atoms with Gasteiger partial charge in [0.15, 0.2) is 0 Å². The van der Waals surface area contributed by atoms with E-state index in [1.165, 1.54) is 0 Å². The maximum absolute atomic E-state index is 11.2. The van der Waals surface area contributed by atoms with Gasteiger partial charge in [0, 0.05) is 0 Å². The second-order valence-corrected chi connectivity index (χ2v) is 3.28. The third-order valence-corrected chi connectivity index (χ3v) is 2.36. The Bertz CT molecular complexity index is 563. The van der Waals surface area contributed by atoms with E-state index in [1.807, 2.05) is 12.1 Å². The van der Waals surface area contributed by atoms with Crippen LogP contribution in [0.4, 0.5) is 5.69 Å². The van der Waals surface area contributed by atoms with Crippen LogP contribution < -0.4 is 5.32 Å². The molecule has 2 N–H and O–H groups in total. The van der Waals surface area contributed by atoms with Crippen LogP contribution in [0.15, 0.2) is 36.4 Å². The van der Waals surface area contributed by atoms with Crippen molar-refractivity contribution in [2.75, 3.05) is 5.32 Å². The minimum absolute atomic E-state index is 0.116. The Kier molecular flexibility index (Phi) is 2.55. The number of carbonyl (C=O) groups excluding carboxylic acids is 1. The van der Waals surface area contributed by atoms with Crippen molar-refractivity contribution >= 4 is 28.8 Å². The molecule has 0 aromatic heterocycles. The van der Waals surface area contributed by atoms with E-state index in [0.29, 0.717) is 17.5 Å². The summed E-state index contributed by atoms with van der Waals surface area (Å²) >= 11 is 0. The molecule has 0 bridgehead atoms. The van der Waals surface area contributed by atoms with Gasteiger partial charge in [-0.1, -0.05) is 30.3 Å². The smallest absolute Gasteiger partial charge is 0.338 e. The highest BCUT2D eigenvalue weighted by Gasteiger charge is 2.13. The number of carboxylic acids is 1. The van der Waals surface area contributed by atoms with E-state index in [0.717, 1.165) is 5.39 Å². The average Bonchev–Trinajstić information content (AvgIpc) is 2.28. The first-order chi connectivity index (χ1) is 7.74. The van der Waals surface area contributed by atoms with Gasteiger partial charge in [-0.25, -0.2) is 4.79 Å². The minimum Gasteiger partial charge on any atom is -0.478 e. The molecule has 4 heteroatoms. The Hall–Kier alpha value is -2.36. The zero-order valence-corrected chi connectivity index (χ0v) is 8.31. The lowest BCUT2D eigenvalue weighted by Crippen LogP contribution is -2.05. The van der Waals surface area contributed by atoms with Crippen molar-refractivity contribution in [3.8, 4) is 0 Å². The first kappa shape index (κ1) is 10.2. The lowest BCUT2D eigenvalue weighted by atomic mass is 10.0. The Balaban J connectivity index is 2.78. The van der Waals surface area contributed by atoms with E-state index in [-0.39, 0.29) is 5.56 Å². The van der Waals surface area contributed by atoms with E-state index in [4.69, 9.17) is 5.11 Å². The van der Waals surface area contributed by atoms with Crippen LogP contribution in [0.1, 0.15) is 10.4 Å². The molecule has 1 amide bonds. The minimum atomic E-state index is -1.05. The van der Waals surface area contributed by atoms with Gasteiger partial charge >= 0.3 is 5.97 Å². The molecule has 0 aliphatic rings. The summed E-state index contributed by atoms with van der Waals surface area (Å²) in [6, 6.07) is 10.5. The van der Waals surface area contributed by atoms with Crippen molar-refractivity contribution in [1.29, 1.82) is 0 Å². The van der Waals surface area contributed by atoms with Gasteiger partial charge in [-0.15, -0.1) is 0 Å². The molecule has 0 fully saturated rings. The molecule has 0 spiro atoms. The van der Waals surface area contributed by atoms with E-state index in [2.05, 4.69) is 5.32 Å². The average molecular weight is 215 g/mol. The Morgan fingerprint density at radius 3 is 2.62 bits per heavy atom. The fourth-order valence-electron chi connectivity index (χ4n) is 1.69. The standard InChI is InChI=1S/C12H9NO3/c14-7-13-10-6-5-8-3-1-2-4-9(8)11(10)12(15)16/h1-7H,(H,13,14)(H,15,16). The Morgan fingerprint density at radius 1 is 1.19 bits per heavy atom. The van der Waals surface area contributed by atoms with Crippen molar-refractivity contribution in [3.05, 3.63) is 42.0 Å². The highest BCUT2D eigenvalue weighted by Crippen LogP contribution is 2.25. The number of fused-ring (bicyclic) bond motifs is 1. The molecule has 0 unspecified atom stereocenters. The number of amides is 1. The Labute approximate surface area is 91.5 Å². The summed E-state index contributed by atoms with van der Waals surface area (Å²) in [5.41, 5.74) is 0.423.